The van der Waals surface area contributed by atoms with E-state index in [9.17, 15) is 32.3 Å². The Morgan fingerprint density at radius 1 is 0.944 bits per heavy atom. The van der Waals surface area contributed by atoms with Crippen molar-refractivity contribution in [2.45, 2.75) is 69.0 Å². The van der Waals surface area contributed by atoms with Crippen molar-refractivity contribution in [1.29, 1.82) is 0 Å². The van der Waals surface area contributed by atoms with Crippen molar-refractivity contribution < 1.29 is 27.6 Å². The average Bonchev–Trinajstić information content (AvgIpc) is 3.15. The van der Waals surface area contributed by atoms with Crippen LogP contribution in [0.25, 0.3) is 0 Å². The molecule has 1 aromatic heterocycles. The van der Waals surface area contributed by atoms with Crippen LogP contribution < -0.4 is 21.1 Å². The molecule has 54 heavy (non-hydrogen) atoms. The van der Waals surface area contributed by atoms with E-state index in [0.717, 1.165) is 56.8 Å². The number of benzene rings is 2. The summed E-state index contributed by atoms with van der Waals surface area (Å²) in [6, 6.07) is 12.0. The molecule has 1 spiro atoms. The van der Waals surface area contributed by atoms with E-state index in [1.54, 1.807) is 24.2 Å². The number of likely N-dealkylation sites (tertiary alicyclic amines) is 2. The molecule has 2 N–H and O–H groups in total. The Balaban J connectivity index is 0.940. The Hall–Kier alpha value is -4.43. The second kappa shape index (κ2) is 15.0. The molecule has 4 aliphatic heterocycles. The van der Waals surface area contributed by atoms with Crippen LogP contribution in [0.15, 0.2) is 53.5 Å². The van der Waals surface area contributed by atoms with Crippen LogP contribution in [-0.2, 0) is 22.8 Å². The van der Waals surface area contributed by atoms with E-state index in [1.807, 2.05) is 29.2 Å². The number of carbonyl (C=O) groups excluding carboxylic acids is 3. The van der Waals surface area contributed by atoms with Gasteiger partial charge in [-0.3, -0.25) is 24.5 Å². The number of nitrogens with one attached hydrogen (secondary N) is 2. The first-order valence-corrected chi connectivity index (χ1v) is 18.9. The highest BCUT2D eigenvalue weighted by Gasteiger charge is 2.42. The van der Waals surface area contributed by atoms with Crippen molar-refractivity contribution in [3.63, 3.8) is 0 Å². The molecule has 3 aromatic rings. The molecular formula is C39H45ClF3N7O4. The van der Waals surface area contributed by atoms with Gasteiger partial charge < -0.3 is 20.0 Å². The van der Waals surface area contributed by atoms with Crippen molar-refractivity contribution in [1.82, 2.24) is 24.9 Å². The first-order valence-electron chi connectivity index (χ1n) is 18.6. The topological polar surface area (TPSA) is 120 Å². The second-order valence-electron chi connectivity index (χ2n) is 15.5. The fraction of sp³-hybridized carbons (Fsp3) is 0.513. The highest BCUT2D eigenvalue weighted by Crippen LogP contribution is 2.45. The zero-order valence-electron chi connectivity index (χ0n) is 30.4. The molecule has 3 atom stereocenters. The summed E-state index contributed by atoms with van der Waals surface area (Å²) in [6.45, 7) is 3.76. The number of carbonyl (C=O) groups is 3. The summed E-state index contributed by atoms with van der Waals surface area (Å²) in [5.41, 5.74) is 1.50. The van der Waals surface area contributed by atoms with Crippen LogP contribution in [0.2, 0.25) is 5.02 Å². The van der Waals surface area contributed by atoms with Crippen LogP contribution >= 0.6 is 11.6 Å². The van der Waals surface area contributed by atoms with E-state index >= 15 is 0 Å². The van der Waals surface area contributed by atoms with Gasteiger partial charge in [-0.05, 0) is 92.3 Å². The molecule has 0 saturated carbocycles. The molecular weight excluding hydrogens is 723 g/mol. The van der Waals surface area contributed by atoms with E-state index < -0.39 is 29.5 Å². The fourth-order valence-corrected chi connectivity index (χ4v) is 8.99. The quantitative estimate of drug-likeness (QED) is 0.321. The summed E-state index contributed by atoms with van der Waals surface area (Å²) in [7, 11) is 3.61. The molecule has 0 aliphatic carbocycles. The highest BCUT2D eigenvalue weighted by atomic mass is 35.5. The molecule has 3 amide bonds. The van der Waals surface area contributed by atoms with Gasteiger partial charge in [-0.15, -0.1) is 0 Å². The van der Waals surface area contributed by atoms with E-state index in [-0.39, 0.29) is 58.0 Å². The summed E-state index contributed by atoms with van der Waals surface area (Å²) in [5.74, 6) is -1.57. The van der Waals surface area contributed by atoms with Gasteiger partial charge >= 0.3 is 6.18 Å². The maximum Gasteiger partial charge on any atom is 0.418 e. The van der Waals surface area contributed by atoms with Gasteiger partial charge in [0.2, 0.25) is 11.8 Å². The van der Waals surface area contributed by atoms with Crippen molar-refractivity contribution in [2.75, 3.05) is 56.5 Å². The summed E-state index contributed by atoms with van der Waals surface area (Å²) in [4.78, 5) is 55.7. The lowest BCUT2D eigenvalue weighted by molar-refractivity contribution is -0.138. The predicted octanol–water partition coefficient (Wildman–Crippen LogP) is 5.40. The third kappa shape index (κ3) is 7.86. The number of aromatic nitrogens is 2. The summed E-state index contributed by atoms with van der Waals surface area (Å²) < 4.78 is 44.2. The Morgan fingerprint density at radius 3 is 2.28 bits per heavy atom. The molecule has 4 aliphatic rings. The molecule has 3 unspecified atom stereocenters. The van der Waals surface area contributed by atoms with Gasteiger partial charge in [-0.2, -0.15) is 18.3 Å². The van der Waals surface area contributed by atoms with Gasteiger partial charge in [-0.1, -0.05) is 29.8 Å². The van der Waals surface area contributed by atoms with Crippen molar-refractivity contribution in [3.8, 4) is 0 Å². The largest absolute Gasteiger partial charge is 0.418 e. The van der Waals surface area contributed by atoms with Gasteiger partial charge in [0.25, 0.3) is 11.5 Å². The number of alkyl halides is 3. The van der Waals surface area contributed by atoms with Crippen LogP contribution in [0, 0.1) is 5.41 Å². The number of likely N-dealkylation sites (N-methyl/N-ethyl adjacent to an activating group) is 1. The molecule has 2 aromatic carbocycles. The molecule has 0 radical (unpaired) electrons. The third-order valence-corrected chi connectivity index (χ3v) is 12.3. The highest BCUT2D eigenvalue weighted by molar-refractivity contribution is 6.32. The Bertz CT molecular complexity index is 1970. The molecule has 15 heteroatoms. The normalized spacial score (nSPS) is 23.7. The molecule has 7 rings (SSSR count). The maximum absolute atomic E-state index is 14.3. The van der Waals surface area contributed by atoms with Crippen LogP contribution in [-0.4, -0.2) is 89.7 Å². The standard InChI is InChI=1S/C39H45ClF3N7O4/c1-47-22-27(19-28(23-47)45-31-21-44-48(2)37(54)34(31)40)24-3-5-25(6-4-24)36(53)50-17-13-38(14-18-50)11-15-49(16-12-38)32-9-7-26(20-30(32)39(41,42)43)29-8-10-33(51)46-35(29)52/h3-7,9,20-21,27-29,45H,8,10-19,22-23H2,1-2H3,(H,46,51,52). The Morgan fingerprint density at radius 2 is 1.61 bits per heavy atom. The average molecular weight is 768 g/mol. The first-order chi connectivity index (χ1) is 25.7. The lowest BCUT2D eigenvalue weighted by Gasteiger charge is -2.47. The minimum atomic E-state index is -4.60. The first kappa shape index (κ1) is 37.9. The zero-order chi connectivity index (χ0) is 38.4. The van der Waals surface area contributed by atoms with E-state index in [1.165, 1.54) is 10.7 Å². The number of halogens is 4. The number of anilines is 2. The number of rotatable bonds is 6. The molecule has 4 saturated heterocycles. The van der Waals surface area contributed by atoms with Crippen LogP contribution in [0.4, 0.5) is 24.5 Å². The summed E-state index contributed by atoms with van der Waals surface area (Å²) >= 11 is 6.30. The van der Waals surface area contributed by atoms with Crippen molar-refractivity contribution in [3.05, 3.63) is 86.3 Å². The SMILES string of the molecule is CN1CC(Nc2cnn(C)c(=O)c2Cl)CC(c2ccc(C(=O)N3CCC4(CC3)CCN(c3ccc(C5CCC(=O)NC5=O)cc3C(F)(F)F)CC4)cc2)C1. The Labute approximate surface area is 316 Å². The minimum Gasteiger partial charge on any atom is -0.378 e. The van der Waals surface area contributed by atoms with Crippen LogP contribution in [0.1, 0.15) is 83.8 Å². The number of hydrogen-bond donors (Lipinski definition) is 2. The number of nitrogens with zero attached hydrogens (tertiary/aromatic N) is 5. The summed E-state index contributed by atoms with van der Waals surface area (Å²) in [6.07, 6.45) is 1.11. The molecule has 288 valence electrons. The van der Waals surface area contributed by atoms with Crippen molar-refractivity contribution in [2.24, 2.45) is 12.5 Å². The van der Waals surface area contributed by atoms with Gasteiger partial charge in [0.15, 0.2) is 0 Å². The smallest absolute Gasteiger partial charge is 0.378 e. The predicted molar refractivity (Wildman–Crippen MR) is 199 cm³/mol. The van der Waals surface area contributed by atoms with Crippen LogP contribution in [0.5, 0.6) is 0 Å². The number of aryl methyl sites for hydroxylation is 1. The number of hydrogen-bond acceptors (Lipinski definition) is 8. The Kier molecular flexibility index (Phi) is 10.5. The van der Waals surface area contributed by atoms with Gasteiger partial charge in [0.05, 0.1) is 23.4 Å². The second-order valence-corrected chi connectivity index (χ2v) is 15.9. The molecule has 5 heterocycles. The monoisotopic (exact) mass is 767 g/mol. The molecule has 0 bridgehead atoms. The maximum atomic E-state index is 14.3. The minimum absolute atomic E-state index is 0.0205. The van der Waals surface area contributed by atoms with Gasteiger partial charge in [0, 0.05) is 70.0 Å². The summed E-state index contributed by atoms with van der Waals surface area (Å²) in [5, 5.41) is 9.84. The molecule has 4 fully saturated rings. The zero-order valence-corrected chi connectivity index (χ0v) is 31.2. The van der Waals surface area contributed by atoms with Crippen molar-refractivity contribution >= 4 is 40.7 Å². The number of piperidine rings is 4. The van der Waals surface area contributed by atoms with E-state index in [0.29, 0.717) is 37.4 Å². The van der Waals surface area contributed by atoms with Gasteiger partial charge in [0.1, 0.15) is 5.02 Å². The fourth-order valence-electron chi connectivity index (χ4n) is 8.77. The lowest BCUT2D eigenvalue weighted by Crippen LogP contribution is -2.48. The number of imide groups is 1. The van der Waals surface area contributed by atoms with Gasteiger partial charge in [-0.25, -0.2) is 4.68 Å². The lowest BCUT2D eigenvalue weighted by atomic mass is 9.71. The number of amides is 3. The molecule has 11 nitrogen and oxygen atoms in total. The van der Waals surface area contributed by atoms with E-state index in [4.69, 9.17) is 11.6 Å². The van der Waals surface area contributed by atoms with Crippen LogP contribution in [0.3, 0.4) is 0 Å². The van der Waals surface area contributed by atoms with E-state index in [2.05, 4.69) is 27.7 Å². The third-order valence-electron chi connectivity index (χ3n) is 11.9.